The van der Waals surface area contributed by atoms with Gasteiger partial charge in [-0.3, -0.25) is 4.99 Å². The summed E-state index contributed by atoms with van der Waals surface area (Å²) in [6.07, 6.45) is 0.842. The summed E-state index contributed by atoms with van der Waals surface area (Å²) in [5.74, 6) is 1.62. The van der Waals surface area contributed by atoms with Gasteiger partial charge in [0.1, 0.15) is 5.75 Å². The molecule has 0 aliphatic heterocycles. The Balaban J connectivity index is 0.00000288. The number of rotatable bonds is 6. The summed E-state index contributed by atoms with van der Waals surface area (Å²) < 4.78 is 5.35. The van der Waals surface area contributed by atoms with E-state index in [1.54, 1.807) is 14.2 Å². The predicted molar refractivity (Wildman–Crippen MR) is 112 cm³/mol. The summed E-state index contributed by atoms with van der Waals surface area (Å²) in [5.41, 5.74) is 2.21. The minimum atomic E-state index is 0. The Kier molecular flexibility index (Phi) is 9.56. The number of benzene rings is 2. The van der Waals surface area contributed by atoms with Crippen molar-refractivity contribution in [2.24, 2.45) is 4.99 Å². The fourth-order valence-corrected chi connectivity index (χ4v) is 2.50. The molecule has 24 heavy (non-hydrogen) atoms. The lowest BCUT2D eigenvalue weighted by Gasteiger charge is -2.14. The van der Waals surface area contributed by atoms with Gasteiger partial charge in [0.05, 0.1) is 7.11 Å². The van der Waals surface area contributed by atoms with Gasteiger partial charge in [0.2, 0.25) is 0 Å². The molecule has 0 heterocycles. The van der Waals surface area contributed by atoms with Crippen molar-refractivity contribution in [3.8, 4) is 5.75 Å². The Bertz CT molecular complexity index is 664. The molecular weight excluding hydrogens is 437 g/mol. The van der Waals surface area contributed by atoms with E-state index in [4.69, 9.17) is 16.3 Å². The van der Waals surface area contributed by atoms with Crippen LogP contribution >= 0.6 is 35.6 Å². The number of nitrogens with one attached hydrogen (secondary N) is 2. The molecule has 0 atom stereocenters. The summed E-state index contributed by atoms with van der Waals surface area (Å²) in [6.45, 7) is 1.41. The van der Waals surface area contributed by atoms with Crippen LogP contribution < -0.4 is 15.4 Å². The molecule has 0 aliphatic rings. The molecule has 2 rings (SSSR count). The van der Waals surface area contributed by atoms with Gasteiger partial charge in [-0.25, -0.2) is 0 Å². The largest absolute Gasteiger partial charge is 0.496 e. The molecule has 2 aromatic rings. The highest BCUT2D eigenvalue weighted by molar-refractivity contribution is 14.0. The average molecular weight is 460 g/mol. The lowest BCUT2D eigenvalue weighted by atomic mass is 10.1. The van der Waals surface area contributed by atoms with Crippen LogP contribution in [0.5, 0.6) is 5.75 Å². The number of hydrogen-bond donors (Lipinski definition) is 2. The van der Waals surface area contributed by atoms with Crippen molar-refractivity contribution in [3.63, 3.8) is 0 Å². The highest BCUT2D eigenvalue weighted by Crippen LogP contribution is 2.16. The molecule has 0 unspecified atom stereocenters. The molecule has 0 saturated heterocycles. The predicted octanol–water partition coefficient (Wildman–Crippen LogP) is 3.87. The third-order valence-corrected chi connectivity index (χ3v) is 3.88. The molecule has 0 amide bonds. The topological polar surface area (TPSA) is 45.7 Å². The molecule has 0 aliphatic carbocycles. The summed E-state index contributed by atoms with van der Waals surface area (Å²) in [6, 6.07) is 15.8. The van der Waals surface area contributed by atoms with Crippen LogP contribution in [0.25, 0.3) is 0 Å². The van der Waals surface area contributed by atoms with E-state index >= 15 is 0 Å². The minimum Gasteiger partial charge on any atom is -0.496 e. The molecule has 6 heteroatoms. The van der Waals surface area contributed by atoms with E-state index in [1.807, 2.05) is 48.5 Å². The maximum absolute atomic E-state index is 6.16. The minimum absolute atomic E-state index is 0. The van der Waals surface area contributed by atoms with Crippen LogP contribution in [0.2, 0.25) is 5.02 Å². The van der Waals surface area contributed by atoms with E-state index in [9.17, 15) is 0 Å². The van der Waals surface area contributed by atoms with Crippen molar-refractivity contribution in [3.05, 3.63) is 64.7 Å². The number of hydrogen-bond acceptors (Lipinski definition) is 2. The molecule has 2 aromatic carbocycles. The summed E-state index contributed by atoms with van der Waals surface area (Å²) >= 11 is 6.16. The third kappa shape index (κ3) is 6.20. The monoisotopic (exact) mass is 459 g/mol. The number of methoxy groups -OCH3 is 1. The Labute approximate surface area is 165 Å². The first-order chi connectivity index (χ1) is 11.2. The fraction of sp³-hybridized carbons (Fsp3) is 0.278. The van der Waals surface area contributed by atoms with Crippen molar-refractivity contribution in [2.45, 2.75) is 13.0 Å². The standard InChI is InChI=1S/C18H22ClN3O.HI/c1-20-18(21-12-11-14-7-3-5-9-16(14)19)22-13-15-8-4-6-10-17(15)23-2;/h3-10H,11-13H2,1-2H3,(H2,20,21,22);1H. The molecule has 2 N–H and O–H groups in total. The van der Waals surface area contributed by atoms with Gasteiger partial charge in [-0.2, -0.15) is 0 Å². The van der Waals surface area contributed by atoms with Crippen LogP contribution in [0.3, 0.4) is 0 Å². The number of halogens is 2. The lowest BCUT2D eigenvalue weighted by Crippen LogP contribution is -2.37. The zero-order valence-electron chi connectivity index (χ0n) is 13.9. The molecule has 0 aromatic heterocycles. The van der Waals surface area contributed by atoms with Crippen molar-refractivity contribution in [1.29, 1.82) is 0 Å². The molecule has 0 saturated carbocycles. The van der Waals surface area contributed by atoms with Crippen LogP contribution in [0.4, 0.5) is 0 Å². The zero-order chi connectivity index (χ0) is 16.5. The molecule has 0 spiro atoms. The van der Waals surface area contributed by atoms with Crippen molar-refractivity contribution >= 4 is 41.5 Å². The fourth-order valence-electron chi connectivity index (χ4n) is 2.27. The van der Waals surface area contributed by atoms with Crippen molar-refractivity contribution in [2.75, 3.05) is 20.7 Å². The van der Waals surface area contributed by atoms with E-state index in [-0.39, 0.29) is 24.0 Å². The average Bonchev–Trinajstić information content (AvgIpc) is 2.59. The van der Waals surface area contributed by atoms with Gasteiger partial charge < -0.3 is 15.4 Å². The highest BCUT2D eigenvalue weighted by Gasteiger charge is 2.04. The lowest BCUT2D eigenvalue weighted by molar-refractivity contribution is 0.409. The maximum atomic E-state index is 6.16. The van der Waals surface area contributed by atoms with Crippen molar-refractivity contribution < 1.29 is 4.74 Å². The van der Waals surface area contributed by atoms with Crippen LogP contribution in [0.15, 0.2) is 53.5 Å². The SMILES string of the molecule is CN=C(NCCc1ccccc1Cl)NCc1ccccc1OC.I. The van der Waals surface area contributed by atoms with Crippen LogP contribution in [-0.4, -0.2) is 26.7 Å². The van der Waals surface area contributed by atoms with E-state index < -0.39 is 0 Å². The Hall–Kier alpha value is -1.47. The number of aliphatic imine (C=N–C) groups is 1. The molecule has 130 valence electrons. The third-order valence-electron chi connectivity index (χ3n) is 3.51. The van der Waals surface area contributed by atoms with E-state index in [0.717, 1.165) is 40.8 Å². The summed E-state index contributed by atoms with van der Waals surface area (Å²) in [5, 5.41) is 7.38. The van der Waals surface area contributed by atoms with Gasteiger partial charge in [-0.1, -0.05) is 48.0 Å². The highest BCUT2D eigenvalue weighted by atomic mass is 127. The Morgan fingerprint density at radius 3 is 2.38 bits per heavy atom. The Morgan fingerprint density at radius 2 is 1.71 bits per heavy atom. The van der Waals surface area contributed by atoms with Gasteiger partial charge in [-0.15, -0.1) is 24.0 Å². The number of guanidine groups is 1. The summed E-state index contributed by atoms with van der Waals surface area (Å²) in [4.78, 5) is 4.23. The van der Waals surface area contributed by atoms with Crippen molar-refractivity contribution in [1.82, 2.24) is 10.6 Å². The van der Waals surface area contributed by atoms with Gasteiger partial charge in [0, 0.05) is 30.7 Å². The smallest absolute Gasteiger partial charge is 0.191 e. The maximum Gasteiger partial charge on any atom is 0.191 e. The van der Waals surface area contributed by atoms with E-state index in [1.165, 1.54) is 0 Å². The Morgan fingerprint density at radius 1 is 1.04 bits per heavy atom. The number of para-hydroxylation sites is 1. The quantitative estimate of drug-likeness (QED) is 0.392. The second-order valence-electron chi connectivity index (χ2n) is 5.01. The second-order valence-corrected chi connectivity index (χ2v) is 5.41. The van der Waals surface area contributed by atoms with Gasteiger partial charge in [0.25, 0.3) is 0 Å². The van der Waals surface area contributed by atoms with Crippen LogP contribution in [-0.2, 0) is 13.0 Å². The van der Waals surface area contributed by atoms with E-state index in [0.29, 0.717) is 6.54 Å². The molecular formula is C18H23ClIN3O. The van der Waals surface area contributed by atoms with Gasteiger partial charge in [0.15, 0.2) is 5.96 Å². The first-order valence-electron chi connectivity index (χ1n) is 7.54. The van der Waals surface area contributed by atoms with Crippen LogP contribution in [0.1, 0.15) is 11.1 Å². The van der Waals surface area contributed by atoms with Crippen LogP contribution in [0, 0.1) is 0 Å². The zero-order valence-corrected chi connectivity index (χ0v) is 17.0. The first kappa shape index (κ1) is 20.6. The van der Waals surface area contributed by atoms with E-state index in [2.05, 4.69) is 15.6 Å². The second kappa shape index (κ2) is 11.1. The molecule has 0 fully saturated rings. The molecule has 0 bridgehead atoms. The molecule has 0 radical (unpaired) electrons. The number of ether oxygens (including phenoxy) is 1. The number of nitrogens with zero attached hydrogens (tertiary/aromatic N) is 1. The van der Waals surface area contributed by atoms with Gasteiger partial charge in [-0.05, 0) is 24.1 Å². The first-order valence-corrected chi connectivity index (χ1v) is 7.92. The van der Waals surface area contributed by atoms with Gasteiger partial charge >= 0.3 is 0 Å². The summed E-state index contributed by atoms with van der Waals surface area (Å²) in [7, 11) is 3.43. The normalized spacial score (nSPS) is 10.7. The molecule has 4 nitrogen and oxygen atoms in total.